The maximum absolute atomic E-state index is 12.7. The van der Waals surface area contributed by atoms with Gasteiger partial charge in [0.15, 0.2) is 0 Å². The topological polar surface area (TPSA) is 65.5 Å². The highest BCUT2D eigenvalue weighted by molar-refractivity contribution is 6.33. The van der Waals surface area contributed by atoms with Gasteiger partial charge in [-0.1, -0.05) is 23.7 Å². The first kappa shape index (κ1) is 19.3. The Bertz CT molecular complexity index is 873. The lowest BCUT2D eigenvalue weighted by molar-refractivity contribution is -0.137. The summed E-state index contributed by atoms with van der Waals surface area (Å²) in [4.78, 5) is 18.0. The summed E-state index contributed by atoms with van der Waals surface area (Å²) in [5.41, 5.74) is -0.134. The maximum Gasteiger partial charge on any atom is 0.417 e. The first-order valence-corrected chi connectivity index (χ1v) is 8.61. The van der Waals surface area contributed by atoms with Crippen LogP contribution in [0, 0.1) is 6.92 Å². The lowest BCUT2D eigenvalue weighted by Crippen LogP contribution is -2.37. The van der Waals surface area contributed by atoms with Crippen LogP contribution in [-0.2, 0) is 6.18 Å². The number of nitrogens with one attached hydrogen (secondary N) is 1. The summed E-state index contributed by atoms with van der Waals surface area (Å²) < 4.78 is 38.2. The van der Waals surface area contributed by atoms with Crippen molar-refractivity contribution < 1.29 is 23.1 Å². The van der Waals surface area contributed by atoms with Crippen molar-refractivity contribution in [1.29, 1.82) is 0 Å². The van der Waals surface area contributed by atoms with Crippen LogP contribution in [0.2, 0.25) is 5.02 Å². The smallest absolute Gasteiger partial charge is 0.417 e. The molecule has 2 heterocycles. The number of amides is 1. The molecule has 1 aromatic carbocycles. The van der Waals surface area contributed by atoms with Crippen molar-refractivity contribution >= 4 is 23.3 Å². The summed E-state index contributed by atoms with van der Waals surface area (Å²) >= 11 is 5.98. The van der Waals surface area contributed by atoms with Gasteiger partial charge in [-0.05, 0) is 31.0 Å². The van der Waals surface area contributed by atoms with E-state index >= 15 is 0 Å². The van der Waals surface area contributed by atoms with Crippen LogP contribution >= 0.6 is 11.6 Å². The van der Waals surface area contributed by atoms with Gasteiger partial charge < -0.3 is 15.3 Å². The number of hydrogen-bond donors (Lipinski definition) is 2. The third-order valence-corrected chi connectivity index (χ3v) is 4.73. The number of rotatable bonds is 3. The number of benzene rings is 1. The van der Waals surface area contributed by atoms with Gasteiger partial charge in [-0.25, -0.2) is 4.98 Å². The molecule has 1 aromatic heterocycles. The van der Waals surface area contributed by atoms with E-state index in [1.54, 1.807) is 24.0 Å². The number of para-hydroxylation sites is 1. The van der Waals surface area contributed by atoms with Crippen LogP contribution in [0.25, 0.3) is 0 Å². The predicted octanol–water partition coefficient (Wildman–Crippen LogP) is 3.78. The number of halogens is 4. The Balaban J connectivity index is 1.68. The molecule has 5 nitrogen and oxygen atoms in total. The maximum atomic E-state index is 12.7. The van der Waals surface area contributed by atoms with Crippen LogP contribution in [0.3, 0.4) is 0 Å². The minimum absolute atomic E-state index is 0.0719. The van der Waals surface area contributed by atoms with E-state index in [4.69, 9.17) is 11.6 Å². The third-order valence-electron chi connectivity index (χ3n) is 4.45. The van der Waals surface area contributed by atoms with Gasteiger partial charge in [0.2, 0.25) is 0 Å². The number of aromatic nitrogens is 1. The Morgan fingerprint density at radius 3 is 2.81 bits per heavy atom. The molecule has 2 N–H and O–H groups in total. The highest BCUT2D eigenvalue weighted by Crippen LogP contribution is 2.34. The quantitative estimate of drug-likeness (QED) is 0.824. The van der Waals surface area contributed by atoms with Crippen molar-refractivity contribution in [3.05, 3.63) is 52.2 Å². The van der Waals surface area contributed by atoms with Crippen LogP contribution < -0.4 is 10.2 Å². The van der Waals surface area contributed by atoms with Gasteiger partial charge in [0, 0.05) is 25.3 Å². The molecule has 0 spiro atoms. The standard InChI is InChI=1S/C18H17ClF3N3O2/c1-10-3-2-4-13(15(10)26)17(27)24-12-5-6-25(9-12)16-14(19)7-11(8-23-16)18(20,21)22/h2-4,7-8,12,26H,5-6,9H2,1H3,(H,24,27). The van der Waals surface area contributed by atoms with Crippen molar-refractivity contribution in [1.82, 2.24) is 10.3 Å². The van der Waals surface area contributed by atoms with Crippen molar-refractivity contribution in [2.75, 3.05) is 18.0 Å². The second kappa shape index (κ2) is 7.26. The first-order valence-electron chi connectivity index (χ1n) is 8.24. The van der Waals surface area contributed by atoms with Crippen molar-refractivity contribution in [2.45, 2.75) is 25.6 Å². The molecule has 3 rings (SSSR count). The SMILES string of the molecule is Cc1cccc(C(=O)NC2CCN(c3ncc(C(F)(F)F)cc3Cl)C2)c1O. The average molecular weight is 400 g/mol. The second-order valence-electron chi connectivity index (χ2n) is 6.40. The fourth-order valence-electron chi connectivity index (χ4n) is 2.99. The number of phenols is 1. The van der Waals surface area contributed by atoms with E-state index in [-0.39, 0.29) is 28.2 Å². The van der Waals surface area contributed by atoms with E-state index in [9.17, 15) is 23.1 Å². The fourth-order valence-corrected chi connectivity index (χ4v) is 3.28. The van der Waals surface area contributed by atoms with Gasteiger partial charge in [-0.2, -0.15) is 13.2 Å². The molecule has 27 heavy (non-hydrogen) atoms. The number of carbonyl (C=O) groups excluding carboxylic acids is 1. The van der Waals surface area contributed by atoms with Gasteiger partial charge in [-0.15, -0.1) is 0 Å². The van der Waals surface area contributed by atoms with Crippen molar-refractivity contribution in [3.8, 4) is 5.75 Å². The highest BCUT2D eigenvalue weighted by Gasteiger charge is 2.33. The molecule has 1 saturated heterocycles. The van der Waals surface area contributed by atoms with Gasteiger partial charge in [0.05, 0.1) is 16.1 Å². The zero-order valence-corrected chi connectivity index (χ0v) is 15.1. The summed E-state index contributed by atoms with van der Waals surface area (Å²) in [6, 6.07) is 5.51. The Morgan fingerprint density at radius 1 is 1.41 bits per heavy atom. The summed E-state index contributed by atoms with van der Waals surface area (Å²) in [7, 11) is 0. The molecule has 144 valence electrons. The van der Waals surface area contributed by atoms with Crippen molar-refractivity contribution in [2.24, 2.45) is 0 Å². The van der Waals surface area contributed by atoms with Gasteiger partial charge in [0.1, 0.15) is 11.6 Å². The summed E-state index contributed by atoms with van der Waals surface area (Å²) in [5, 5.41) is 12.7. The zero-order chi connectivity index (χ0) is 19.8. The number of nitrogens with zero attached hydrogens (tertiary/aromatic N) is 2. The Hall–Kier alpha value is -2.48. The van der Waals surface area contributed by atoms with E-state index < -0.39 is 17.6 Å². The molecule has 1 unspecified atom stereocenters. The zero-order valence-electron chi connectivity index (χ0n) is 14.3. The second-order valence-corrected chi connectivity index (χ2v) is 6.81. The van der Waals surface area contributed by atoms with E-state index in [2.05, 4.69) is 10.3 Å². The lowest BCUT2D eigenvalue weighted by Gasteiger charge is -2.20. The first-order chi connectivity index (χ1) is 12.7. The molecule has 2 aromatic rings. The molecule has 0 aliphatic carbocycles. The number of hydrogen-bond acceptors (Lipinski definition) is 4. The van der Waals surface area contributed by atoms with Gasteiger partial charge in [-0.3, -0.25) is 4.79 Å². The average Bonchev–Trinajstić information content (AvgIpc) is 3.04. The van der Waals surface area contributed by atoms with E-state index in [0.29, 0.717) is 25.1 Å². The van der Waals surface area contributed by atoms with Crippen LogP contribution in [-0.4, -0.2) is 35.1 Å². The minimum atomic E-state index is -4.51. The Kier molecular flexibility index (Phi) is 5.19. The van der Waals surface area contributed by atoms with E-state index in [1.165, 1.54) is 6.07 Å². The third kappa shape index (κ3) is 4.10. The van der Waals surface area contributed by atoms with Crippen LogP contribution in [0.15, 0.2) is 30.5 Å². The van der Waals surface area contributed by atoms with Crippen LogP contribution in [0.1, 0.15) is 27.9 Å². The molecule has 9 heteroatoms. The molecular weight excluding hydrogens is 383 g/mol. The number of alkyl halides is 3. The number of carbonyl (C=O) groups is 1. The minimum Gasteiger partial charge on any atom is -0.507 e. The van der Waals surface area contributed by atoms with Crippen molar-refractivity contribution in [3.63, 3.8) is 0 Å². The number of anilines is 1. The van der Waals surface area contributed by atoms with Crippen LogP contribution in [0.4, 0.5) is 19.0 Å². The molecule has 1 atom stereocenters. The van der Waals surface area contributed by atoms with E-state index in [1.807, 2.05) is 0 Å². The molecular formula is C18H17ClF3N3O2. The number of pyridine rings is 1. The molecule has 0 saturated carbocycles. The summed E-state index contributed by atoms with van der Waals surface area (Å²) in [5.74, 6) is -0.230. The predicted molar refractivity (Wildman–Crippen MR) is 95.2 cm³/mol. The van der Waals surface area contributed by atoms with E-state index in [0.717, 1.165) is 12.3 Å². The van der Waals surface area contributed by atoms with Crippen LogP contribution in [0.5, 0.6) is 5.75 Å². The molecule has 1 fully saturated rings. The molecule has 1 amide bonds. The molecule has 1 aliphatic heterocycles. The number of aryl methyl sites for hydroxylation is 1. The molecule has 0 bridgehead atoms. The summed E-state index contributed by atoms with van der Waals surface area (Å²) in [6.07, 6.45) is -3.18. The Morgan fingerprint density at radius 2 is 2.15 bits per heavy atom. The fraction of sp³-hybridized carbons (Fsp3) is 0.333. The Labute approximate surface area is 158 Å². The number of phenolic OH excluding ortho intramolecular Hbond substituents is 1. The molecule has 0 radical (unpaired) electrons. The van der Waals surface area contributed by atoms with Gasteiger partial charge in [0.25, 0.3) is 5.91 Å². The lowest BCUT2D eigenvalue weighted by atomic mass is 10.1. The summed E-state index contributed by atoms with van der Waals surface area (Å²) in [6.45, 7) is 2.54. The van der Waals surface area contributed by atoms with Gasteiger partial charge >= 0.3 is 6.18 Å². The number of aromatic hydroxyl groups is 1. The normalized spacial score (nSPS) is 17.2. The molecule has 1 aliphatic rings. The largest absolute Gasteiger partial charge is 0.507 e. The highest BCUT2D eigenvalue weighted by atomic mass is 35.5. The monoisotopic (exact) mass is 399 g/mol.